The lowest BCUT2D eigenvalue weighted by atomic mass is 9.55. The number of rotatable bonds is 20. The van der Waals surface area contributed by atoms with Crippen molar-refractivity contribution in [3.05, 3.63) is 84.0 Å². The van der Waals surface area contributed by atoms with Gasteiger partial charge < -0.3 is 44.2 Å². The maximum absolute atomic E-state index is 13.8. The minimum Gasteiger partial charge on any atom is -0.508 e. The Morgan fingerprint density at radius 1 is 1.04 bits per heavy atom. The van der Waals surface area contributed by atoms with Crippen LogP contribution in [0.25, 0.3) is 0 Å². The third kappa shape index (κ3) is 8.80. The molecular weight excluding hydrogens is 668 g/mol. The number of methoxy groups -OCH3 is 1. The summed E-state index contributed by atoms with van der Waals surface area (Å²) in [6, 6.07) is 14.1. The number of nitrogens with zero attached hydrogens (tertiary/aromatic N) is 2. The number of benzene rings is 2. The number of unbranched alkanes of at least 4 members (excludes halogenated alkanes) is 2. The topological polar surface area (TPSA) is 160 Å². The molecule has 2 aromatic carbocycles. The number of aliphatic hydroxyl groups is 3. The predicted octanol–water partition coefficient (Wildman–Crippen LogP) is 5.30. The molecule has 0 bridgehead atoms. The summed E-state index contributed by atoms with van der Waals surface area (Å²) in [4.78, 5) is 21.4. The molecule has 1 fully saturated rings. The number of aliphatic hydroxyl groups excluding tert-OH is 3. The second-order valence-corrected chi connectivity index (χ2v) is 13.6. The molecule has 2 aromatic rings. The Balaban J connectivity index is 1.73. The van der Waals surface area contributed by atoms with E-state index < -0.39 is 23.8 Å². The Hall–Kier alpha value is -3.94. The Morgan fingerprint density at radius 3 is 2.52 bits per heavy atom. The first-order valence-corrected chi connectivity index (χ1v) is 18.4. The molecule has 6 atom stereocenters. The van der Waals surface area contributed by atoms with E-state index in [4.69, 9.17) is 28.9 Å². The highest BCUT2D eigenvalue weighted by Crippen LogP contribution is 2.61. The lowest BCUT2D eigenvalue weighted by molar-refractivity contribution is -0.256. The van der Waals surface area contributed by atoms with E-state index >= 15 is 0 Å². The molecule has 52 heavy (non-hydrogen) atoms. The molecule has 5 rings (SSSR count). The van der Waals surface area contributed by atoms with Gasteiger partial charge in [-0.25, -0.2) is 4.79 Å². The molecular formula is C40H54N2O10. The van der Waals surface area contributed by atoms with Gasteiger partial charge in [-0.05, 0) is 66.9 Å². The number of carbonyl (C=O) groups excluding carboxylic acids is 1. The van der Waals surface area contributed by atoms with E-state index in [0.29, 0.717) is 24.3 Å². The molecule has 0 radical (unpaired) electrons. The Morgan fingerprint density at radius 2 is 1.81 bits per heavy atom. The molecule has 0 saturated heterocycles. The number of fused-ring (bicyclic) bond motifs is 2. The van der Waals surface area contributed by atoms with Gasteiger partial charge in [-0.2, -0.15) is 0 Å². The van der Waals surface area contributed by atoms with Crippen molar-refractivity contribution in [1.82, 2.24) is 4.90 Å². The van der Waals surface area contributed by atoms with Crippen molar-refractivity contribution in [3.63, 3.8) is 0 Å². The zero-order valence-electron chi connectivity index (χ0n) is 30.1. The van der Waals surface area contributed by atoms with Crippen LogP contribution in [0.4, 0.5) is 4.79 Å². The van der Waals surface area contributed by atoms with Gasteiger partial charge in [-0.3, -0.25) is 4.90 Å². The number of hydrogen-bond acceptors (Lipinski definition) is 11. The van der Waals surface area contributed by atoms with Gasteiger partial charge in [0, 0.05) is 37.7 Å². The van der Waals surface area contributed by atoms with Crippen LogP contribution in [0.15, 0.2) is 78.0 Å². The lowest BCUT2D eigenvalue weighted by Crippen LogP contribution is -2.70. The minimum absolute atomic E-state index is 0.0276. The predicted molar refractivity (Wildman–Crippen MR) is 195 cm³/mol. The van der Waals surface area contributed by atoms with Crippen LogP contribution in [0.1, 0.15) is 62.0 Å². The van der Waals surface area contributed by atoms with Crippen molar-refractivity contribution in [2.45, 2.75) is 69.3 Å². The largest absolute Gasteiger partial charge is 0.508 e. The highest BCUT2D eigenvalue weighted by atomic mass is 16.7. The van der Waals surface area contributed by atoms with E-state index in [1.165, 1.54) is 7.11 Å². The van der Waals surface area contributed by atoms with Gasteiger partial charge in [0.1, 0.15) is 24.1 Å². The standard InChI is InChI=1S/C40H54N2O10/c1-3-21-50-40-36(42(39(47)48-2)17-22-49-23-20-45)26-34(41-51-27-28-11-5-4-6-12-28)32-24-29(13-7-9-18-43)31(14-8-10-19-44)37(38(32)40)33-25-30(46)15-16-35(33)52-40/h3-6,11-12,15-16,24-25,29,31,36-38,43-46H,1,7-10,13-14,17-23,26-27H2,2H3/t29-,31+,36-,37+,38+,40+/m0/s1. The van der Waals surface area contributed by atoms with Gasteiger partial charge in [-0.15, -0.1) is 6.58 Å². The monoisotopic (exact) mass is 722 g/mol. The second-order valence-electron chi connectivity index (χ2n) is 13.6. The number of phenolic OH excluding ortho intramolecular Hbond substituents is 1. The molecule has 4 N–H and O–H groups in total. The Labute approximate surface area is 306 Å². The van der Waals surface area contributed by atoms with Gasteiger partial charge in [0.15, 0.2) is 0 Å². The van der Waals surface area contributed by atoms with Crippen molar-refractivity contribution in [2.75, 3.05) is 53.3 Å². The maximum Gasteiger partial charge on any atom is 0.410 e. The zero-order valence-corrected chi connectivity index (χ0v) is 30.1. The molecule has 284 valence electrons. The van der Waals surface area contributed by atoms with Crippen molar-refractivity contribution in [3.8, 4) is 11.5 Å². The van der Waals surface area contributed by atoms with E-state index in [-0.39, 0.29) is 82.7 Å². The van der Waals surface area contributed by atoms with Crippen molar-refractivity contribution >= 4 is 11.8 Å². The number of phenols is 1. The van der Waals surface area contributed by atoms with Crippen LogP contribution >= 0.6 is 0 Å². The normalized spacial score (nSPS) is 25.3. The summed E-state index contributed by atoms with van der Waals surface area (Å²) < 4.78 is 24.9. The average Bonchev–Trinajstić information content (AvgIpc) is 3.16. The lowest BCUT2D eigenvalue weighted by Gasteiger charge is -2.59. The fourth-order valence-corrected chi connectivity index (χ4v) is 8.24. The Kier molecular flexibility index (Phi) is 14.5. The average molecular weight is 723 g/mol. The number of ether oxygens (including phenoxy) is 4. The third-order valence-electron chi connectivity index (χ3n) is 10.4. The first-order valence-electron chi connectivity index (χ1n) is 18.4. The quantitative estimate of drug-likeness (QED) is 0.0803. The van der Waals surface area contributed by atoms with Gasteiger partial charge in [0.05, 0.1) is 45.2 Å². The SMILES string of the molecule is C=CCO[C@@]12Oc3ccc(O)cc3[C@H]3[C@H](CCCCO)[C@@H](CCCCO)C=C(C(=NOCc4ccccc4)C[C@@H]1N(CCOCCO)C(=O)OC)[C@H]32. The molecule has 0 aromatic heterocycles. The minimum atomic E-state index is -1.45. The molecule has 0 unspecified atom stereocenters. The molecule has 2 aliphatic carbocycles. The van der Waals surface area contributed by atoms with Crippen LogP contribution in [0.5, 0.6) is 11.5 Å². The maximum atomic E-state index is 13.8. The fourth-order valence-electron chi connectivity index (χ4n) is 8.24. The van der Waals surface area contributed by atoms with Crippen molar-refractivity contribution in [1.29, 1.82) is 0 Å². The van der Waals surface area contributed by atoms with Crippen LogP contribution in [0.3, 0.4) is 0 Å². The number of allylic oxidation sites excluding steroid dienone is 1. The number of oxime groups is 1. The molecule has 12 heteroatoms. The molecule has 3 aliphatic rings. The first-order chi connectivity index (χ1) is 25.4. The summed E-state index contributed by atoms with van der Waals surface area (Å²) in [6.45, 7) is 4.64. The first kappa shape index (κ1) is 39.3. The molecule has 1 heterocycles. The van der Waals surface area contributed by atoms with E-state index in [0.717, 1.165) is 42.4 Å². The highest BCUT2D eigenvalue weighted by Gasteiger charge is 2.65. The molecule has 1 aliphatic heterocycles. The van der Waals surface area contributed by atoms with Crippen LogP contribution < -0.4 is 4.74 Å². The summed E-state index contributed by atoms with van der Waals surface area (Å²) in [5.41, 5.74) is 3.32. The van der Waals surface area contributed by atoms with E-state index in [1.54, 1.807) is 29.2 Å². The summed E-state index contributed by atoms with van der Waals surface area (Å²) in [5.74, 6) is -1.50. The number of amides is 1. The van der Waals surface area contributed by atoms with E-state index in [9.17, 15) is 25.2 Å². The van der Waals surface area contributed by atoms with Crippen LogP contribution in [-0.2, 0) is 25.7 Å². The second kappa shape index (κ2) is 19.2. The number of hydrogen-bond donors (Lipinski definition) is 4. The third-order valence-corrected chi connectivity index (χ3v) is 10.4. The van der Waals surface area contributed by atoms with Crippen molar-refractivity contribution < 1.29 is 49.0 Å². The van der Waals surface area contributed by atoms with Crippen molar-refractivity contribution in [2.24, 2.45) is 22.9 Å². The van der Waals surface area contributed by atoms with Crippen LogP contribution in [-0.4, -0.2) is 102 Å². The smallest absolute Gasteiger partial charge is 0.410 e. The number of aromatic hydroxyl groups is 1. The van der Waals surface area contributed by atoms with Crippen LogP contribution in [0, 0.1) is 17.8 Å². The molecule has 1 amide bonds. The Bertz CT molecular complexity index is 1520. The van der Waals surface area contributed by atoms with Gasteiger partial charge in [-0.1, -0.05) is 60.5 Å². The van der Waals surface area contributed by atoms with E-state index in [1.807, 2.05) is 30.3 Å². The number of carbonyl (C=O) groups is 1. The summed E-state index contributed by atoms with van der Waals surface area (Å²) in [5, 5.41) is 44.5. The van der Waals surface area contributed by atoms with Crippen LogP contribution in [0.2, 0.25) is 0 Å². The molecule has 1 saturated carbocycles. The molecule has 0 spiro atoms. The summed E-state index contributed by atoms with van der Waals surface area (Å²) >= 11 is 0. The van der Waals surface area contributed by atoms with Gasteiger partial charge >= 0.3 is 6.09 Å². The fraction of sp³-hybridized carbons (Fsp3) is 0.550. The zero-order chi connectivity index (χ0) is 36.9. The summed E-state index contributed by atoms with van der Waals surface area (Å²) in [7, 11) is 1.32. The highest BCUT2D eigenvalue weighted by molar-refractivity contribution is 6.02. The molecule has 12 nitrogen and oxygen atoms in total. The van der Waals surface area contributed by atoms with E-state index in [2.05, 4.69) is 12.7 Å². The van der Waals surface area contributed by atoms with Gasteiger partial charge in [0.25, 0.3) is 0 Å². The summed E-state index contributed by atoms with van der Waals surface area (Å²) in [6.07, 6.45) is 7.99. The van der Waals surface area contributed by atoms with Gasteiger partial charge in [0.2, 0.25) is 5.79 Å².